The van der Waals surface area contributed by atoms with Crippen LogP contribution in [0.5, 0.6) is 0 Å². The lowest BCUT2D eigenvalue weighted by atomic mass is 10.2. The van der Waals surface area contributed by atoms with Crippen molar-refractivity contribution in [2.45, 2.75) is 6.54 Å². The second kappa shape index (κ2) is 5.80. The summed E-state index contributed by atoms with van der Waals surface area (Å²) >= 11 is 0. The van der Waals surface area contributed by atoms with Gasteiger partial charge in [-0.1, -0.05) is 24.3 Å². The number of carbonyl (C=O) groups excluding carboxylic acids is 1. The van der Waals surface area contributed by atoms with Crippen LogP contribution >= 0.6 is 0 Å². The topological polar surface area (TPSA) is 106 Å². The number of aromatic nitrogens is 4. The summed E-state index contributed by atoms with van der Waals surface area (Å²) in [7, 11) is 0. The normalized spacial score (nSPS) is 11.4. The Morgan fingerprint density at radius 1 is 1.15 bits per heavy atom. The summed E-state index contributed by atoms with van der Waals surface area (Å²) < 4.78 is 6.83. The molecule has 8 heteroatoms. The fourth-order valence-electron chi connectivity index (χ4n) is 3.07. The van der Waals surface area contributed by atoms with Gasteiger partial charge in [-0.05, 0) is 24.3 Å². The Hall–Kier alpha value is -3.94. The number of nitrogens with zero attached hydrogens (tertiary/aromatic N) is 3. The van der Waals surface area contributed by atoms with E-state index >= 15 is 0 Å². The Balaban J connectivity index is 1.45. The van der Waals surface area contributed by atoms with E-state index in [1.165, 1.54) is 10.9 Å². The maximum absolute atomic E-state index is 12.7. The van der Waals surface area contributed by atoms with Crippen LogP contribution in [0.1, 0.15) is 0 Å². The Morgan fingerprint density at radius 2 is 1.96 bits per heavy atom. The van der Waals surface area contributed by atoms with Gasteiger partial charge in [-0.15, -0.1) is 0 Å². The summed E-state index contributed by atoms with van der Waals surface area (Å²) in [6.45, 7) is -0.199. The predicted octanol–water partition coefficient (Wildman–Crippen LogP) is 2.66. The van der Waals surface area contributed by atoms with Gasteiger partial charge in [-0.3, -0.25) is 19.5 Å². The molecule has 5 rings (SSSR count). The number of imidazole rings is 1. The molecule has 0 fully saturated rings. The van der Waals surface area contributed by atoms with Gasteiger partial charge < -0.3 is 9.40 Å². The van der Waals surface area contributed by atoms with Crippen LogP contribution in [0.4, 0.5) is 5.95 Å². The molecule has 0 radical (unpaired) electrons. The van der Waals surface area contributed by atoms with E-state index in [0.717, 1.165) is 16.4 Å². The molecule has 2 N–H and O–H groups in total. The molecule has 8 nitrogen and oxygen atoms in total. The fraction of sp³-hybridized carbons (Fsp3) is 0.0526. The summed E-state index contributed by atoms with van der Waals surface area (Å²) in [6.07, 6.45) is 1.35. The third-order valence-electron chi connectivity index (χ3n) is 4.31. The molecule has 27 heavy (non-hydrogen) atoms. The van der Waals surface area contributed by atoms with Crippen LogP contribution in [0.15, 0.2) is 64.1 Å². The molecule has 3 aromatic heterocycles. The smallest absolute Gasteiger partial charge is 0.297 e. The molecule has 0 unspecified atom stereocenters. The van der Waals surface area contributed by atoms with Gasteiger partial charge in [0, 0.05) is 5.39 Å². The molecule has 0 saturated heterocycles. The van der Waals surface area contributed by atoms with Gasteiger partial charge in [0.2, 0.25) is 17.4 Å². The van der Waals surface area contributed by atoms with Crippen molar-refractivity contribution in [2.75, 3.05) is 5.32 Å². The summed E-state index contributed by atoms with van der Waals surface area (Å²) in [5.74, 6) is -0.0690. The number of furan rings is 1. The minimum absolute atomic E-state index is 0.134. The lowest BCUT2D eigenvalue weighted by molar-refractivity contribution is -0.116. The van der Waals surface area contributed by atoms with Gasteiger partial charge >= 0.3 is 0 Å². The predicted molar refractivity (Wildman–Crippen MR) is 100 cm³/mol. The van der Waals surface area contributed by atoms with E-state index in [-0.39, 0.29) is 12.1 Å². The third-order valence-corrected chi connectivity index (χ3v) is 4.31. The van der Waals surface area contributed by atoms with Crippen LogP contribution in [0, 0.1) is 0 Å². The Morgan fingerprint density at radius 3 is 2.85 bits per heavy atom. The maximum atomic E-state index is 12.7. The van der Waals surface area contributed by atoms with E-state index < -0.39 is 11.5 Å². The van der Waals surface area contributed by atoms with Crippen molar-refractivity contribution >= 4 is 45.0 Å². The van der Waals surface area contributed by atoms with Crippen LogP contribution in [0.2, 0.25) is 0 Å². The maximum Gasteiger partial charge on any atom is 0.297 e. The molecular weight excluding hydrogens is 346 g/mol. The average molecular weight is 359 g/mol. The molecule has 0 aliphatic carbocycles. The fourth-order valence-corrected chi connectivity index (χ4v) is 3.07. The lowest BCUT2D eigenvalue weighted by Crippen LogP contribution is -2.27. The number of hydrogen-bond donors (Lipinski definition) is 2. The molecule has 0 atom stereocenters. The summed E-state index contributed by atoms with van der Waals surface area (Å²) in [5.41, 5.74) is 2.36. The zero-order valence-corrected chi connectivity index (χ0v) is 14.0. The van der Waals surface area contributed by atoms with Crippen LogP contribution in [-0.2, 0) is 11.3 Å². The highest BCUT2D eigenvalue weighted by Gasteiger charge is 2.15. The van der Waals surface area contributed by atoms with Gasteiger partial charge in [0.15, 0.2) is 0 Å². The van der Waals surface area contributed by atoms with Crippen LogP contribution < -0.4 is 10.9 Å². The molecule has 1 amide bonds. The Labute approximate surface area is 151 Å². The number of para-hydroxylation sites is 3. The third kappa shape index (κ3) is 2.54. The number of nitrogens with one attached hydrogen (secondary N) is 2. The van der Waals surface area contributed by atoms with E-state index in [1.807, 2.05) is 42.5 Å². The van der Waals surface area contributed by atoms with Crippen molar-refractivity contribution in [3.05, 3.63) is 65.2 Å². The van der Waals surface area contributed by atoms with Gasteiger partial charge in [0.05, 0.1) is 17.4 Å². The van der Waals surface area contributed by atoms with Gasteiger partial charge in [0.1, 0.15) is 17.6 Å². The number of carbonyl (C=O) groups is 1. The van der Waals surface area contributed by atoms with E-state index in [2.05, 4.69) is 20.3 Å². The van der Waals surface area contributed by atoms with Crippen molar-refractivity contribution in [1.82, 2.24) is 19.5 Å². The van der Waals surface area contributed by atoms with E-state index in [1.54, 1.807) is 6.07 Å². The van der Waals surface area contributed by atoms with Crippen molar-refractivity contribution in [1.29, 1.82) is 0 Å². The first kappa shape index (κ1) is 15.3. The highest BCUT2D eigenvalue weighted by molar-refractivity contribution is 6.01. The molecule has 5 aromatic rings. The molecule has 0 spiro atoms. The largest absolute Gasteiger partial charge is 0.448 e. The monoisotopic (exact) mass is 359 g/mol. The quantitative estimate of drug-likeness (QED) is 0.515. The van der Waals surface area contributed by atoms with Crippen molar-refractivity contribution < 1.29 is 9.21 Å². The van der Waals surface area contributed by atoms with E-state index in [9.17, 15) is 9.59 Å². The number of anilines is 1. The Bertz CT molecular complexity index is 1350. The van der Waals surface area contributed by atoms with Crippen molar-refractivity contribution in [3.8, 4) is 0 Å². The molecule has 0 bridgehead atoms. The molecule has 3 heterocycles. The SMILES string of the molecule is O=C(Cn1cnc2c(oc3ccccc32)c1=O)Nc1nc2ccccc2[nH]1. The summed E-state index contributed by atoms with van der Waals surface area (Å²) in [6, 6.07) is 14.7. The first-order valence-corrected chi connectivity index (χ1v) is 8.30. The second-order valence-corrected chi connectivity index (χ2v) is 6.10. The number of benzene rings is 2. The number of fused-ring (bicyclic) bond motifs is 4. The van der Waals surface area contributed by atoms with Gasteiger partial charge in [-0.25, -0.2) is 9.97 Å². The standard InChI is InChI=1S/C19H13N5O3/c25-15(23-19-21-12-6-2-3-7-13(12)22-19)9-24-10-20-16-11-5-1-4-8-14(11)27-17(16)18(24)26/h1-8,10H,9H2,(H2,21,22,23,25). The summed E-state index contributed by atoms with van der Waals surface area (Å²) in [4.78, 5) is 36.6. The number of rotatable bonds is 3. The van der Waals surface area contributed by atoms with E-state index in [4.69, 9.17) is 4.42 Å². The van der Waals surface area contributed by atoms with Gasteiger partial charge in [0.25, 0.3) is 5.56 Å². The van der Waals surface area contributed by atoms with Crippen molar-refractivity contribution in [3.63, 3.8) is 0 Å². The molecule has 0 saturated carbocycles. The number of hydrogen-bond acceptors (Lipinski definition) is 5. The number of H-pyrrole nitrogens is 1. The van der Waals surface area contributed by atoms with Crippen molar-refractivity contribution in [2.24, 2.45) is 0 Å². The Kier molecular flexibility index (Phi) is 3.29. The number of aromatic amines is 1. The van der Waals surface area contributed by atoms with Gasteiger partial charge in [-0.2, -0.15) is 0 Å². The minimum Gasteiger partial charge on any atom is -0.448 e. The zero-order valence-electron chi connectivity index (χ0n) is 14.0. The second-order valence-electron chi connectivity index (χ2n) is 6.10. The minimum atomic E-state index is -0.407. The molecule has 2 aromatic carbocycles. The first-order chi connectivity index (χ1) is 13.2. The zero-order chi connectivity index (χ0) is 18.4. The molecular formula is C19H13N5O3. The van der Waals surface area contributed by atoms with Crippen LogP contribution in [0.25, 0.3) is 33.1 Å². The number of amides is 1. The molecule has 0 aliphatic heterocycles. The molecule has 132 valence electrons. The first-order valence-electron chi connectivity index (χ1n) is 8.30. The summed E-state index contributed by atoms with van der Waals surface area (Å²) in [5, 5.41) is 3.43. The lowest BCUT2D eigenvalue weighted by Gasteiger charge is -2.04. The van der Waals surface area contributed by atoms with E-state index in [0.29, 0.717) is 17.0 Å². The van der Waals surface area contributed by atoms with Crippen LogP contribution in [0.3, 0.4) is 0 Å². The highest BCUT2D eigenvalue weighted by atomic mass is 16.3. The molecule has 0 aliphatic rings. The average Bonchev–Trinajstić information content (AvgIpc) is 3.25. The van der Waals surface area contributed by atoms with Crippen LogP contribution in [-0.4, -0.2) is 25.4 Å². The highest BCUT2D eigenvalue weighted by Crippen LogP contribution is 2.24.